The van der Waals surface area contributed by atoms with Gasteiger partial charge < -0.3 is 15.5 Å². The summed E-state index contributed by atoms with van der Waals surface area (Å²) in [5.41, 5.74) is 6.89. The highest BCUT2D eigenvalue weighted by atomic mass is 79.9. The molecule has 4 nitrogen and oxygen atoms in total. The highest BCUT2D eigenvalue weighted by Gasteiger charge is 2.32. The number of halogens is 1. The summed E-state index contributed by atoms with van der Waals surface area (Å²) in [6.45, 7) is 0. The standard InChI is InChI=1S/C20H20BrN3O/c1-24(2)17-10-8-13(11-16(17)21)18-15-9-7-12-5-3-4-6-14(12)19(15)23-20(25)22-18/h3-6,8,10-11,18H,7,9H2,1-2H3,(H2,22,23,25). The van der Waals surface area contributed by atoms with Crippen molar-refractivity contribution in [2.45, 2.75) is 18.9 Å². The number of nitrogens with one attached hydrogen (secondary N) is 2. The first-order valence-electron chi connectivity index (χ1n) is 8.40. The van der Waals surface area contributed by atoms with Crippen LogP contribution in [0.2, 0.25) is 0 Å². The molecule has 1 aliphatic carbocycles. The van der Waals surface area contributed by atoms with Gasteiger partial charge in [0.05, 0.1) is 17.4 Å². The lowest BCUT2D eigenvalue weighted by atomic mass is 9.83. The van der Waals surface area contributed by atoms with Crippen LogP contribution in [0.1, 0.15) is 29.2 Å². The lowest BCUT2D eigenvalue weighted by Gasteiger charge is -2.34. The Labute approximate surface area is 156 Å². The Hall–Kier alpha value is -2.27. The molecule has 2 N–H and O–H groups in total. The Balaban J connectivity index is 1.80. The number of nitrogens with zero attached hydrogens (tertiary/aromatic N) is 1. The van der Waals surface area contributed by atoms with Crippen molar-refractivity contribution in [2.75, 3.05) is 19.0 Å². The zero-order valence-electron chi connectivity index (χ0n) is 14.3. The fourth-order valence-electron chi connectivity index (χ4n) is 3.70. The van der Waals surface area contributed by atoms with E-state index >= 15 is 0 Å². The highest BCUT2D eigenvalue weighted by molar-refractivity contribution is 9.10. The fourth-order valence-corrected chi connectivity index (χ4v) is 4.45. The molecule has 5 heteroatoms. The maximum atomic E-state index is 12.3. The van der Waals surface area contributed by atoms with Crippen molar-refractivity contribution in [1.82, 2.24) is 10.6 Å². The predicted molar refractivity (Wildman–Crippen MR) is 105 cm³/mol. The van der Waals surface area contributed by atoms with Crippen LogP contribution in [0.5, 0.6) is 0 Å². The van der Waals surface area contributed by atoms with Crippen molar-refractivity contribution in [2.24, 2.45) is 0 Å². The maximum Gasteiger partial charge on any atom is 0.319 e. The van der Waals surface area contributed by atoms with Gasteiger partial charge in [-0.2, -0.15) is 0 Å². The maximum absolute atomic E-state index is 12.3. The van der Waals surface area contributed by atoms with Gasteiger partial charge in [0.1, 0.15) is 0 Å². The van der Waals surface area contributed by atoms with Crippen molar-refractivity contribution in [1.29, 1.82) is 0 Å². The molecule has 0 saturated carbocycles. The van der Waals surface area contributed by atoms with E-state index in [0.717, 1.165) is 39.8 Å². The molecular weight excluding hydrogens is 378 g/mol. The van der Waals surface area contributed by atoms with E-state index in [4.69, 9.17) is 0 Å². The molecule has 2 amide bonds. The summed E-state index contributed by atoms with van der Waals surface area (Å²) in [6, 6.07) is 14.4. The number of hydrogen-bond acceptors (Lipinski definition) is 2. The van der Waals surface area contributed by atoms with Gasteiger partial charge in [-0.25, -0.2) is 4.79 Å². The molecular formula is C20H20BrN3O. The van der Waals surface area contributed by atoms with Crippen LogP contribution in [0.3, 0.4) is 0 Å². The summed E-state index contributed by atoms with van der Waals surface area (Å²) in [5.74, 6) is 0. The molecule has 1 unspecified atom stereocenters. The number of urea groups is 1. The van der Waals surface area contributed by atoms with Crippen LogP contribution in [0.4, 0.5) is 10.5 Å². The molecule has 1 aliphatic heterocycles. The minimum atomic E-state index is -0.145. The molecule has 25 heavy (non-hydrogen) atoms. The van der Waals surface area contributed by atoms with Crippen molar-refractivity contribution in [3.8, 4) is 0 Å². The molecule has 4 rings (SSSR count). The number of fused-ring (bicyclic) bond motifs is 2. The van der Waals surface area contributed by atoms with Gasteiger partial charge in [-0.3, -0.25) is 0 Å². The van der Waals surface area contributed by atoms with Crippen LogP contribution in [0.25, 0.3) is 5.70 Å². The molecule has 2 aliphatic rings. The summed E-state index contributed by atoms with van der Waals surface area (Å²) in [7, 11) is 4.04. The first-order valence-corrected chi connectivity index (χ1v) is 9.19. The summed E-state index contributed by atoms with van der Waals surface area (Å²) >= 11 is 3.66. The Kier molecular flexibility index (Phi) is 4.04. The van der Waals surface area contributed by atoms with Crippen molar-refractivity contribution < 1.29 is 4.79 Å². The van der Waals surface area contributed by atoms with Crippen molar-refractivity contribution >= 4 is 33.3 Å². The largest absolute Gasteiger partial charge is 0.377 e. The number of amides is 2. The van der Waals surface area contributed by atoms with Crippen molar-refractivity contribution in [3.63, 3.8) is 0 Å². The van der Waals surface area contributed by atoms with E-state index in [1.807, 2.05) is 20.2 Å². The average molecular weight is 398 g/mol. The van der Waals surface area contributed by atoms with Gasteiger partial charge in [0, 0.05) is 24.1 Å². The molecule has 0 spiro atoms. The predicted octanol–water partition coefficient (Wildman–Crippen LogP) is 4.23. The van der Waals surface area contributed by atoms with Crippen LogP contribution < -0.4 is 15.5 Å². The van der Waals surface area contributed by atoms with Gasteiger partial charge in [-0.05, 0) is 57.6 Å². The monoisotopic (exact) mass is 397 g/mol. The zero-order valence-corrected chi connectivity index (χ0v) is 15.9. The minimum absolute atomic E-state index is 0.0929. The molecule has 1 atom stereocenters. The van der Waals surface area contributed by atoms with E-state index in [9.17, 15) is 4.79 Å². The lowest BCUT2D eigenvalue weighted by molar-refractivity contribution is 0.240. The molecule has 1 heterocycles. The molecule has 0 saturated heterocycles. The van der Waals surface area contributed by atoms with Gasteiger partial charge in [0.25, 0.3) is 0 Å². The number of rotatable bonds is 2. The quantitative estimate of drug-likeness (QED) is 0.796. The van der Waals surface area contributed by atoms with E-state index in [1.54, 1.807) is 0 Å². The molecule has 0 fully saturated rings. The second-order valence-electron chi connectivity index (χ2n) is 6.69. The Morgan fingerprint density at radius 3 is 2.68 bits per heavy atom. The number of carbonyl (C=O) groups is 1. The SMILES string of the molecule is CN(C)c1ccc(C2NC(=O)NC3=C2CCc2ccccc23)cc1Br. The first-order chi connectivity index (χ1) is 12.0. The van der Waals surface area contributed by atoms with Crippen LogP contribution >= 0.6 is 15.9 Å². The number of hydrogen-bond donors (Lipinski definition) is 2. The summed E-state index contributed by atoms with van der Waals surface area (Å²) in [6.07, 6.45) is 1.94. The van der Waals surface area contributed by atoms with Crippen LogP contribution in [0.15, 0.2) is 52.5 Å². The number of aryl methyl sites for hydroxylation is 1. The van der Waals surface area contributed by atoms with E-state index < -0.39 is 0 Å². The zero-order chi connectivity index (χ0) is 17.6. The third kappa shape index (κ3) is 2.82. The van der Waals surface area contributed by atoms with Gasteiger partial charge >= 0.3 is 6.03 Å². The molecule has 0 radical (unpaired) electrons. The first kappa shape index (κ1) is 16.2. The third-order valence-electron chi connectivity index (χ3n) is 4.92. The fraction of sp³-hybridized carbons (Fsp3) is 0.250. The van der Waals surface area contributed by atoms with Gasteiger partial charge in [-0.1, -0.05) is 30.3 Å². The number of anilines is 1. The molecule has 2 aromatic rings. The van der Waals surface area contributed by atoms with Crippen LogP contribution in [-0.4, -0.2) is 20.1 Å². The van der Waals surface area contributed by atoms with Gasteiger partial charge in [0.2, 0.25) is 0 Å². The normalized spacial score (nSPS) is 18.8. The average Bonchev–Trinajstić information content (AvgIpc) is 2.60. The van der Waals surface area contributed by atoms with Gasteiger partial charge in [-0.15, -0.1) is 0 Å². The Morgan fingerprint density at radius 1 is 1.12 bits per heavy atom. The number of carbonyl (C=O) groups excluding carboxylic acids is 1. The topological polar surface area (TPSA) is 44.4 Å². The second kappa shape index (κ2) is 6.23. The third-order valence-corrected chi connectivity index (χ3v) is 5.56. The molecule has 128 valence electrons. The summed E-state index contributed by atoms with van der Waals surface area (Å²) in [4.78, 5) is 14.4. The van der Waals surface area contributed by atoms with E-state index in [-0.39, 0.29) is 12.1 Å². The molecule has 0 aromatic heterocycles. The van der Waals surface area contributed by atoms with E-state index in [0.29, 0.717) is 0 Å². The van der Waals surface area contributed by atoms with Crippen LogP contribution in [0, 0.1) is 0 Å². The Bertz CT molecular complexity index is 888. The summed E-state index contributed by atoms with van der Waals surface area (Å²) in [5, 5.41) is 6.12. The van der Waals surface area contributed by atoms with E-state index in [1.165, 1.54) is 11.1 Å². The van der Waals surface area contributed by atoms with Crippen molar-refractivity contribution in [3.05, 3.63) is 69.2 Å². The minimum Gasteiger partial charge on any atom is -0.377 e. The van der Waals surface area contributed by atoms with Gasteiger partial charge in [0.15, 0.2) is 0 Å². The van der Waals surface area contributed by atoms with Crippen LogP contribution in [-0.2, 0) is 6.42 Å². The summed E-state index contributed by atoms with van der Waals surface area (Å²) < 4.78 is 1.03. The smallest absolute Gasteiger partial charge is 0.319 e. The highest BCUT2D eigenvalue weighted by Crippen LogP contribution is 2.40. The van der Waals surface area contributed by atoms with E-state index in [2.05, 4.69) is 67.9 Å². The molecule has 0 bridgehead atoms. The second-order valence-corrected chi connectivity index (χ2v) is 7.55. The molecule has 2 aromatic carbocycles. The Morgan fingerprint density at radius 2 is 1.92 bits per heavy atom. The number of benzene rings is 2. The lowest BCUT2D eigenvalue weighted by Crippen LogP contribution is -2.44.